The highest BCUT2D eigenvalue weighted by molar-refractivity contribution is 7.11. The van der Waals surface area contributed by atoms with E-state index in [1.54, 1.807) is 5.38 Å². The average molecular weight is 274 g/mol. The molecule has 88 valence electrons. The maximum absolute atomic E-state index is 13.0. The number of carbonyl (C=O) groups is 1. The zero-order chi connectivity index (χ0) is 12.4. The molecule has 0 unspecified atom stereocenters. The van der Waals surface area contributed by atoms with Crippen LogP contribution >= 0.6 is 22.9 Å². The average Bonchev–Trinajstić information content (AvgIpc) is 2.69. The van der Waals surface area contributed by atoms with E-state index in [4.69, 9.17) is 17.3 Å². The van der Waals surface area contributed by atoms with Crippen LogP contribution in [0.3, 0.4) is 0 Å². The summed E-state index contributed by atoms with van der Waals surface area (Å²) in [5, 5.41) is 1.89. The number of amides is 1. The van der Waals surface area contributed by atoms with Crippen LogP contribution in [0, 0.1) is 5.95 Å². The molecule has 0 radical (unpaired) electrons. The van der Waals surface area contributed by atoms with Crippen LogP contribution in [-0.2, 0) is 0 Å². The molecular formula is C9H5ClFN3O2S. The lowest BCUT2D eigenvalue weighted by molar-refractivity contribution is 0.210. The molecule has 1 amide bonds. The Morgan fingerprint density at radius 1 is 1.59 bits per heavy atom. The fraction of sp³-hybridized carbons (Fsp3) is 0. The second-order valence-corrected chi connectivity index (χ2v) is 4.13. The Kier molecular flexibility index (Phi) is 3.21. The van der Waals surface area contributed by atoms with E-state index in [9.17, 15) is 9.18 Å². The Balaban J connectivity index is 2.36. The lowest BCUT2D eigenvalue weighted by Crippen LogP contribution is -2.15. The summed E-state index contributed by atoms with van der Waals surface area (Å²) in [4.78, 5) is 17.8. The van der Waals surface area contributed by atoms with E-state index in [1.807, 2.05) is 0 Å². The molecule has 0 bridgehead atoms. The van der Waals surface area contributed by atoms with Crippen LogP contribution in [-0.4, -0.2) is 16.1 Å². The third-order valence-corrected chi connectivity index (χ3v) is 2.79. The van der Waals surface area contributed by atoms with E-state index in [1.165, 1.54) is 6.20 Å². The number of nitrogens with two attached hydrogens (primary N) is 1. The Labute approximate surface area is 104 Å². The van der Waals surface area contributed by atoms with Gasteiger partial charge in [0.15, 0.2) is 0 Å². The molecule has 5 nitrogen and oxygen atoms in total. The first-order chi connectivity index (χ1) is 8.06. The molecule has 2 aromatic rings. The van der Waals surface area contributed by atoms with Gasteiger partial charge in [0, 0.05) is 23.2 Å². The fourth-order valence-corrected chi connectivity index (χ4v) is 2.00. The zero-order valence-corrected chi connectivity index (χ0v) is 9.76. The lowest BCUT2D eigenvalue weighted by Gasteiger charge is -1.99. The molecule has 0 atom stereocenters. The zero-order valence-electron chi connectivity index (χ0n) is 8.18. The first-order valence-electron chi connectivity index (χ1n) is 4.30. The number of pyridine rings is 1. The van der Waals surface area contributed by atoms with Gasteiger partial charge in [-0.2, -0.15) is 4.39 Å². The molecule has 8 heteroatoms. The summed E-state index contributed by atoms with van der Waals surface area (Å²) in [6, 6.07) is 1.14. The van der Waals surface area contributed by atoms with Gasteiger partial charge in [-0.15, -0.1) is 0 Å². The number of thiazole rings is 1. The first-order valence-corrected chi connectivity index (χ1v) is 5.56. The molecule has 2 heterocycles. The Morgan fingerprint density at radius 2 is 2.35 bits per heavy atom. The SMILES string of the molecule is NC(=O)Oc1nc(-c2cc(F)ncc2Cl)cs1. The maximum atomic E-state index is 13.0. The van der Waals surface area contributed by atoms with Gasteiger partial charge < -0.3 is 10.5 Å². The maximum Gasteiger partial charge on any atom is 0.411 e. The van der Waals surface area contributed by atoms with Crippen LogP contribution in [0.15, 0.2) is 17.6 Å². The number of ether oxygens (including phenoxy) is 1. The molecule has 0 aromatic carbocycles. The van der Waals surface area contributed by atoms with Crippen LogP contribution < -0.4 is 10.5 Å². The number of hydrogen-bond acceptors (Lipinski definition) is 5. The normalized spacial score (nSPS) is 10.2. The third-order valence-electron chi connectivity index (χ3n) is 1.77. The quantitative estimate of drug-likeness (QED) is 0.853. The van der Waals surface area contributed by atoms with E-state index >= 15 is 0 Å². The monoisotopic (exact) mass is 273 g/mol. The predicted octanol–water partition coefficient (Wildman–Crippen LogP) is 2.46. The van der Waals surface area contributed by atoms with Crippen molar-refractivity contribution in [2.24, 2.45) is 5.73 Å². The van der Waals surface area contributed by atoms with Gasteiger partial charge in [0.2, 0.25) is 5.95 Å². The molecule has 0 spiro atoms. The highest BCUT2D eigenvalue weighted by atomic mass is 35.5. The van der Waals surface area contributed by atoms with Gasteiger partial charge in [0.05, 0.1) is 10.7 Å². The summed E-state index contributed by atoms with van der Waals surface area (Å²) in [6.07, 6.45) is 0.220. The predicted molar refractivity (Wildman–Crippen MR) is 60.5 cm³/mol. The second kappa shape index (κ2) is 4.64. The summed E-state index contributed by atoms with van der Waals surface area (Å²) in [5.41, 5.74) is 5.59. The van der Waals surface area contributed by atoms with Crippen molar-refractivity contribution in [1.82, 2.24) is 9.97 Å². The molecule has 0 saturated carbocycles. The number of nitrogens with zero attached hydrogens (tertiary/aromatic N) is 2. The van der Waals surface area contributed by atoms with E-state index < -0.39 is 12.0 Å². The molecule has 0 aliphatic rings. The van der Waals surface area contributed by atoms with Gasteiger partial charge in [-0.1, -0.05) is 22.9 Å². The number of hydrogen-bond donors (Lipinski definition) is 1. The van der Waals surface area contributed by atoms with Crippen molar-refractivity contribution in [1.29, 1.82) is 0 Å². The smallest absolute Gasteiger partial charge is 0.381 e. The molecule has 2 rings (SSSR count). The molecule has 0 aliphatic carbocycles. The minimum Gasteiger partial charge on any atom is -0.381 e. The standard InChI is InChI=1S/C9H5ClFN3O2S/c10-5-2-13-7(11)1-4(5)6-3-17-9(14-6)16-8(12)15/h1-3H,(H2,12,15). The Bertz CT molecular complexity index is 575. The number of primary amides is 1. The summed E-state index contributed by atoms with van der Waals surface area (Å²) in [7, 11) is 0. The summed E-state index contributed by atoms with van der Waals surface area (Å²) in [6.45, 7) is 0. The van der Waals surface area contributed by atoms with Crippen molar-refractivity contribution in [3.63, 3.8) is 0 Å². The van der Waals surface area contributed by atoms with Crippen LogP contribution in [0.2, 0.25) is 5.02 Å². The summed E-state index contributed by atoms with van der Waals surface area (Å²) >= 11 is 6.90. The second-order valence-electron chi connectivity index (χ2n) is 2.91. The van der Waals surface area contributed by atoms with Gasteiger partial charge in [-0.25, -0.2) is 14.8 Å². The van der Waals surface area contributed by atoms with Crippen LogP contribution in [0.1, 0.15) is 0 Å². The van der Waals surface area contributed by atoms with Crippen LogP contribution in [0.5, 0.6) is 5.19 Å². The Hall–Kier alpha value is -1.73. The van der Waals surface area contributed by atoms with E-state index in [-0.39, 0.29) is 10.2 Å². The van der Waals surface area contributed by atoms with Crippen LogP contribution in [0.25, 0.3) is 11.3 Å². The van der Waals surface area contributed by atoms with Crippen molar-refractivity contribution in [3.05, 3.63) is 28.6 Å². The summed E-state index contributed by atoms with van der Waals surface area (Å²) in [5.74, 6) is -0.672. The summed E-state index contributed by atoms with van der Waals surface area (Å²) < 4.78 is 17.5. The van der Waals surface area contributed by atoms with Gasteiger partial charge in [-0.3, -0.25) is 0 Å². The molecule has 2 aromatic heterocycles. The van der Waals surface area contributed by atoms with Gasteiger partial charge >= 0.3 is 6.09 Å². The molecule has 0 fully saturated rings. The molecule has 2 N–H and O–H groups in total. The molecule has 17 heavy (non-hydrogen) atoms. The number of aromatic nitrogens is 2. The van der Waals surface area contributed by atoms with E-state index in [0.717, 1.165) is 17.4 Å². The highest BCUT2D eigenvalue weighted by Gasteiger charge is 2.11. The van der Waals surface area contributed by atoms with Crippen LogP contribution in [0.4, 0.5) is 9.18 Å². The molecule has 0 saturated heterocycles. The fourth-order valence-electron chi connectivity index (χ4n) is 1.12. The van der Waals surface area contributed by atoms with Gasteiger partial charge in [0.25, 0.3) is 5.19 Å². The number of halogens is 2. The largest absolute Gasteiger partial charge is 0.411 e. The lowest BCUT2D eigenvalue weighted by atomic mass is 10.2. The van der Waals surface area contributed by atoms with Gasteiger partial charge in [0.1, 0.15) is 0 Å². The minimum atomic E-state index is -0.960. The van der Waals surface area contributed by atoms with Crippen molar-refractivity contribution >= 4 is 29.0 Å². The highest BCUT2D eigenvalue weighted by Crippen LogP contribution is 2.31. The minimum absolute atomic E-state index is 0.0702. The van der Waals surface area contributed by atoms with E-state index in [0.29, 0.717) is 11.3 Å². The number of carbonyl (C=O) groups excluding carboxylic acids is 1. The van der Waals surface area contributed by atoms with Crippen molar-refractivity contribution in [2.45, 2.75) is 0 Å². The number of rotatable bonds is 2. The van der Waals surface area contributed by atoms with Crippen molar-refractivity contribution < 1.29 is 13.9 Å². The van der Waals surface area contributed by atoms with Crippen molar-refractivity contribution in [2.75, 3.05) is 0 Å². The topological polar surface area (TPSA) is 78.1 Å². The molecular weight excluding hydrogens is 269 g/mol. The third kappa shape index (κ3) is 2.69. The molecule has 0 aliphatic heterocycles. The van der Waals surface area contributed by atoms with Crippen molar-refractivity contribution in [3.8, 4) is 16.5 Å². The Morgan fingerprint density at radius 3 is 3.06 bits per heavy atom. The van der Waals surface area contributed by atoms with Gasteiger partial charge in [-0.05, 0) is 0 Å². The first kappa shape index (κ1) is 11.7. The van der Waals surface area contributed by atoms with E-state index in [2.05, 4.69) is 14.7 Å².